The Morgan fingerprint density at radius 3 is 2.37 bits per heavy atom. The molecule has 1 aromatic heterocycles. The van der Waals surface area contributed by atoms with E-state index >= 15 is 0 Å². The molecular formula is C21H21ClN2O2S. The van der Waals surface area contributed by atoms with E-state index < -0.39 is 15.7 Å². The van der Waals surface area contributed by atoms with Gasteiger partial charge in [-0.2, -0.15) is 4.40 Å². The molecule has 140 valence electrons. The van der Waals surface area contributed by atoms with Crippen LogP contribution in [0.1, 0.15) is 33.3 Å². The number of nitrogens with zero attached hydrogens (tertiary/aromatic N) is 1. The molecule has 0 amide bonds. The fourth-order valence-corrected chi connectivity index (χ4v) is 3.59. The van der Waals surface area contributed by atoms with Crippen LogP contribution in [-0.2, 0) is 11.0 Å². The Morgan fingerprint density at radius 1 is 1.07 bits per heavy atom. The highest BCUT2D eigenvalue weighted by Crippen LogP contribution is 2.27. The van der Waals surface area contributed by atoms with E-state index in [9.17, 15) is 9.00 Å². The summed E-state index contributed by atoms with van der Waals surface area (Å²) in [5.41, 5.74) is 2.70. The molecule has 1 atom stereocenters. The number of rotatable bonds is 3. The first-order chi connectivity index (χ1) is 12.7. The van der Waals surface area contributed by atoms with Crippen molar-refractivity contribution in [1.82, 2.24) is 4.98 Å². The first-order valence-electron chi connectivity index (χ1n) is 8.57. The van der Waals surface area contributed by atoms with E-state index in [0.29, 0.717) is 32.9 Å². The molecule has 1 heterocycles. The van der Waals surface area contributed by atoms with Crippen LogP contribution in [0.25, 0.3) is 22.2 Å². The number of H-pyrrole nitrogens is 1. The number of benzene rings is 2. The number of aromatic amines is 1. The SMILES string of the molecule is CC(=N[S@](=O)C(C)(C)C)c1c(-c2ccccc2)[nH]c2c(Cl)cccc2c1=O. The van der Waals surface area contributed by atoms with Gasteiger partial charge in [0.15, 0.2) is 5.43 Å². The minimum absolute atomic E-state index is 0.183. The zero-order valence-electron chi connectivity index (χ0n) is 15.7. The number of hydrogen-bond acceptors (Lipinski definition) is 2. The van der Waals surface area contributed by atoms with Crippen LogP contribution in [0.2, 0.25) is 5.02 Å². The Hall–Kier alpha value is -2.24. The molecule has 0 spiro atoms. The smallest absolute Gasteiger partial charge is 0.199 e. The summed E-state index contributed by atoms with van der Waals surface area (Å²) in [4.78, 5) is 16.6. The quantitative estimate of drug-likeness (QED) is 0.620. The van der Waals surface area contributed by atoms with E-state index in [1.807, 2.05) is 51.1 Å². The largest absolute Gasteiger partial charge is 0.353 e. The number of halogens is 1. The van der Waals surface area contributed by atoms with Gasteiger partial charge in [0.25, 0.3) is 0 Å². The summed E-state index contributed by atoms with van der Waals surface area (Å²) in [7, 11) is -1.47. The molecule has 0 fully saturated rings. The molecule has 3 rings (SSSR count). The van der Waals surface area contributed by atoms with Crippen molar-refractivity contribution in [2.75, 3.05) is 0 Å². The molecule has 4 nitrogen and oxygen atoms in total. The van der Waals surface area contributed by atoms with Crippen molar-refractivity contribution >= 4 is 39.2 Å². The van der Waals surface area contributed by atoms with Crippen molar-refractivity contribution in [1.29, 1.82) is 0 Å². The summed E-state index contributed by atoms with van der Waals surface area (Å²) in [5.74, 6) is 0. The summed E-state index contributed by atoms with van der Waals surface area (Å²) in [6, 6.07) is 14.7. The molecule has 0 saturated carbocycles. The van der Waals surface area contributed by atoms with Crippen LogP contribution in [0.15, 0.2) is 57.7 Å². The molecule has 0 unspecified atom stereocenters. The van der Waals surface area contributed by atoms with Gasteiger partial charge in [0, 0.05) is 5.39 Å². The first kappa shape index (κ1) is 19.5. The van der Waals surface area contributed by atoms with Gasteiger partial charge in [-0.25, -0.2) is 4.21 Å². The lowest BCUT2D eigenvalue weighted by Gasteiger charge is -2.16. The lowest BCUT2D eigenvalue weighted by Crippen LogP contribution is -2.23. The molecule has 6 heteroatoms. The minimum Gasteiger partial charge on any atom is -0.353 e. The van der Waals surface area contributed by atoms with E-state index in [1.54, 1.807) is 25.1 Å². The topological polar surface area (TPSA) is 62.3 Å². The maximum atomic E-state index is 13.3. The highest BCUT2D eigenvalue weighted by atomic mass is 35.5. The monoisotopic (exact) mass is 400 g/mol. The average molecular weight is 401 g/mol. The van der Waals surface area contributed by atoms with E-state index in [4.69, 9.17) is 11.6 Å². The second-order valence-corrected chi connectivity index (χ2v) is 9.58. The zero-order chi connectivity index (χ0) is 19.8. The summed E-state index contributed by atoms with van der Waals surface area (Å²) < 4.78 is 16.3. The third kappa shape index (κ3) is 3.89. The molecule has 0 aliphatic carbocycles. The molecule has 0 aliphatic rings. The average Bonchev–Trinajstić information content (AvgIpc) is 2.62. The molecule has 0 saturated heterocycles. The predicted octanol–water partition coefficient (Wildman–Crippen LogP) is 5.12. The van der Waals surface area contributed by atoms with Gasteiger partial charge in [-0.05, 0) is 45.4 Å². The van der Waals surface area contributed by atoms with E-state index in [2.05, 4.69) is 9.38 Å². The summed E-state index contributed by atoms with van der Waals surface area (Å²) in [6.07, 6.45) is 0. The van der Waals surface area contributed by atoms with Crippen LogP contribution in [-0.4, -0.2) is 19.7 Å². The number of hydrogen-bond donors (Lipinski definition) is 1. The van der Waals surface area contributed by atoms with Crippen LogP contribution >= 0.6 is 11.6 Å². The molecular weight excluding hydrogens is 380 g/mol. The van der Waals surface area contributed by atoms with Crippen LogP contribution < -0.4 is 5.43 Å². The van der Waals surface area contributed by atoms with Crippen molar-refractivity contribution < 1.29 is 4.21 Å². The van der Waals surface area contributed by atoms with Crippen molar-refractivity contribution in [3.05, 3.63) is 69.3 Å². The Balaban J connectivity index is 2.37. The Kier molecular flexibility index (Phi) is 5.36. The predicted molar refractivity (Wildman–Crippen MR) is 115 cm³/mol. The molecule has 27 heavy (non-hydrogen) atoms. The maximum absolute atomic E-state index is 13.3. The zero-order valence-corrected chi connectivity index (χ0v) is 17.2. The Morgan fingerprint density at radius 2 is 1.74 bits per heavy atom. The summed E-state index contributed by atoms with van der Waals surface area (Å²) in [6.45, 7) is 7.27. The fourth-order valence-electron chi connectivity index (χ4n) is 2.75. The molecule has 3 aromatic rings. The van der Waals surface area contributed by atoms with Gasteiger partial charge in [0.1, 0.15) is 11.0 Å². The van der Waals surface area contributed by atoms with Gasteiger partial charge in [-0.3, -0.25) is 4.79 Å². The van der Waals surface area contributed by atoms with Gasteiger partial charge in [-0.1, -0.05) is 48.0 Å². The Labute approximate surface area is 165 Å². The number of aromatic nitrogens is 1. The number of nitrogens with one attached hydrogen (secondary N) is 1. The standard InChI is InChI=1S/C21H21ClN2O2S/c1-13(24-27(26)21(2,3)4)17-18(14-9-6-5-7-10-14)23-19-15(20(17)25)11-8-12-16(19)22/h5-12H,1-4H3,(H,23,25)/t27-/m1/s1. The molecule has 0 aliphatic heterocycles. The number of para-hydroxylation sites is 1. The van der Waals surface area contributed by atoms with Gasteiger partial charge >= 0.3 is 0 Å². The van der Waals surface area contributed by atoms with E-state index in [-0.39, 0.29) is 5.43 Å². The van der Waals surface area contributed by atoms with Gasteiger partial charge < -0.3 is 4.98 Å². The minimum atomic E-state index is -1.47. The normalized spacial score (nSPS) is 13.7. The lowest BCUT2D eigenvalue weighted by molar-refractivity contribution is 0.650. The van der Waals surface area contributed by atoms with Crippen molar-refractivity contribution in [3.8, 4) is 11.3 Å². The van der Waals surface area contributed by atoms with Gasteiger partial charge in [-0.15, -0.1) is 0 Å². The fraction of sp³-hybridized carbons (Fsp3) is 0.238. The molecule has 0 bridgehead atoms. The highest BCUT2D eigenvalue weighted by Gasteiger charge is 2.22. The lowest BCUT2D eigenvalue weighted by atomic mass is 10.00. The van der Waals surface area contributed by atoms with Crippen molar-refractivity contribution in [2.45, 2.75) is 32.4 Å². The molecule has 0 radical (unpaired) electrons. The summed E-state index contributed by atoms with van der Waals surface area (Å²) >= 11 is 6.32. The second-order valence-electron chi connectivity index (χ2n) is 7.27. The van der Waals surface area contributed by atoms with Crippen LogP contribution in [0, 0.1) is 0 Å². The van der Waals surface area contributed by atoms with Crippen LogP contribution in [0.5, 0.6) is 0 Å². The van der Waals surface area contributed by atoms with Gasteiger partial charge in [0.05, 0.1) is 32.3 Å². The van der Waals surface area contributed by atoms with E-state index in [0.717, 1.165) is 5.56 Å². The summed E-state index contributed by atoms with van der Waals surface area (Å²) in [5, 5.41) is 0.953. The van der Waals surface area contributed by atoms with Crippen molar-refractivity contribution in [2.24, 2.45) is 4.40 Å². The second kappa shape index (κ2) is 7.41. The van der Waals surface area contributed by atoms with Crippen LogP contribution in [0.3, 0.4) is 0 Å². The third-order valence-corrected chi connectivity index (χ3v) is 5.96. The van der Waals surface area contributed by atoms with Crippen LogP contribution in [0.4, 0.5) is 0 Å². The maximum Gasteiger partial charge on any atom is 0.199 e. The number of fused-ring (bicyclic) bond motifs is 1. The van der Waals surface area contributed by atoms with Gasteiger partial charge in [0.2, 0.25) is 0 Å². The number of pyridine rings is 1. The Bertz CT molecular complexity index is 1110. The third-order valence-electron chi connectivity index (χ3n) is 4.15. The van der Waals surface area contributed by atoms with E-state index in [1.165, 1.54) is 0 Å². The first-order valence-corrected chi connectivity index (χ1v) is 10.1. The molecule has 1 N–H and O–H groups in total. The molecule has 2 aromatic carbocycles. The van der Waals surface area contributed by atoms with Crippen molar-refractivity contribution in [3.63, 3.8) is 0 Å². The highest BCUT2D eigenvalue weighted by molar-refractivity contribution is 7.85.